The Bertz CT molecular complexity index is 1190. The molecule has 4 atom stereocenters. The predicted molar refractivity (Wildman–Crippen MR) is 157 cm³/mol. The van der Waals surface area contributed by atoms with E-state index >= 15 is 0 Å². The van der Waals surface area contributed by atoms with Crippen LogP contribution >= 0.6 is 12.6 Å². The quantitative estimate of drug-likeness (QED) is 0.0507. The number of carbonyl (C=O) groups is 4. The lowest BCUT2D eigenvalue weighted by Gasteiger charge is -2.25. The number of carbonyl (C=O) groups excluding carboxylic acids is 3. The fourth-order valence-electron chi connectivity index (χ4n) is 3.81. The third kappa shape index (κ3) is 11.8. The number of carboxylic acid groups (broad SMARTS) is 1. The number of hydrogen-bond acceptors (Lipinski definition) is 8. The minimum absolute atomic E-state index is 0.0145. The van der Waals surface area contributed by atoms with Gasteiger partial charge in [-0.25, -0.2) is 4.79 Å². The minimum atomic E-state index is -1.32. The normalized spacial score (nSPS) is 13.6. The molecule has 0 aliphatic carbocycles. The van der Waals surface area contributed by atoms with Gasteiger partial charge in [0.25, 0.3) is 0 Å². The van der Waals surface area contributed by atoms with Crippen LogP contribution < -0.4 is 33.2 Å². The number of hydrogen-bond donors (Lipinski definition) is 9. The zero-order valence-corrected chi connectivity index (χ0v) is 23.3. The predicted octanol–water partition coefficient (Wildman–Crippen LogP) is -0.973. The number of guanidine groups is 1. The Morgan fingerprint density at radius 1 is 0.805 bits per heavy atom. The van der Waals surface area contributed by atoms with Crippen LogP contribution in [0, 0.1) is 0 Å². The molecule has 3 amide bonds. The molecule has 4 unspecified atom stereocenters. The monoisotopic (exact) mass is 587 g/mol. The average Bonchev–Trinajstić information content (AvgIpc) is 2.94. The third-order valence-electron chi connectivity index (χ3n) is 6.02. The van der Waals surface area contributed by atoms with Crippen LogP contribution in [0.4, 0.5) is 0 Å². The van der Waals surface area contributed by atoms with Crippen molar-refractivity contribution in [3.63, 3.8) is 0 Å². The zero-order valence-electron chi connectivity index (χ0n) is 22.4. The second-order valence-corrected chi connectivity index (χ2v) is 9.69. The molecule has 0 bridgehead atoms. The topological polar surface area (TPSA) is 235 Å². The summed E-state index contributed by atoms with van der Waals surface area (Å²) in [6.07, 6.45) is 0.400. The summed E-state index contributed by atoms with van der Waals surface area (Å²) < 4.78 is 0. The van der Waals surface area contributed by atoms with Gasteiger partial charge in [0.15, 0.2) is 5.96 Å². The van der Waals surface area contributed by atoms with Crippen LogP contribution in [0.2, 0.25) is 0 Å². The molecule has 2 rings (SSSR count). The van der Waals surface area contributed by atoms with Gasteiger partial charge >= 0.3 is 5.97 Å². The Hall–Kier alpha value is -4.30. The number of amides is 3. The second kappa shape index (κ2) is 16.7. The molecule has 0 saturated heterocycles. The number of carboxylic acids is 1. The maximum Gasteiger partial charge on any atom is 0.326 e. The molecule has 0 fully saturated rings. The first-order valence-corrected chi connectivity index (χ1v) is 13.5. The molecule has 2 aromatic carbocycles. The standard InChI is InChI=1S/C27H37N7O6S/c28-19(15-41)23(36)33-21(13-16-5-2-1-3-6-16)25(38)32-20(7-4-12-31-27(29)30)24(37)34-22(26(39)40)14-17-8-10-18(35)11-9-17/h1-3,5-6,8-11,19-22,35,41H,4,7,12-15,28H2,(H,32,38)(H,33,36)(H,34,37)(H,39,40)(H4,29,30,31). The van der Waals surface area contributed by atoms with E-state index in [4.69, 9.17) is 17.2 Å². The molecule has 0 aromatic heterocycles. The number of aliphatic carboxylic acids is 1. The highest BCUT2D eigenvalue weighted by Crippen LogP contribution is 2.12. The maximum absolute atomic E-state index is 13.4. The number of nitrogens with two attached hydrogens (primary N) is 3. The Balaban J connectivity index is 2.24. The Morgan fingerprint density at radius 3 is 1.93 bits per heavy atom. The van der Waals surface area contributed by atoms with E-state index in [0.717, 1.165) is 5.56 Å². The van der Waals surface area contributed by atoms with Gasteiger partial charge in [0, 0.05) is 25.1 Å². The van der Waals surface area contributed by atoms with E-state index in [0.29, 0.717) is 5.56 Å². The number of rotatable bonds is 16. The smallest absolute Gasteiger partial charge is 0.326 e. The van der Waals surface area contributed by atoms with Gasteiger partial charge in [0.1, 0.15) is 23.9 Å². The molecular formula is C27H37N7O6S. The van der Waals surface area contributed by atoms with Crippen LogP contribution in [0.5, 0.6) is 5.75 Å². The molecule has 11 N–H and O–H groups in total. The van der Waals surface area contributed by atoms with Crippen molar-refractivity contribution in [2.75, 3.05) is 12.3 Å². The molecule has 0 saturated carbocycles. The highest BCUT2D eigenvalue weighted by Gasteiger charge is 2.30. The Morgan fingerprint density at radius 2 is 1.34 bits per heavy atom. The molecule has 222 valence electrons. The fourth-order valence-corrected chi connectivity index (χ4v) is 3.97. The number of phenolic OH excluding ortho intramolecular Hbond substituents is 1. The van der Waals surface area contributed by atoms with Gasteiger partial charge in [0.05, 0.1) is 6.04 Å². The van der Waals surface area contributed by atoms with Crippen molar-refractivity contribution in [1.29, 1.82) is 0 Å². The average molecular weight is 588 g/mol. The first kappa shape index (κ1) is 32.9. The molecule has 0 heterocycles. The molecule has 13 nitrogen and oxygen atoms in total. The summed E-state index contributed by atoms with van der Waals surface area (Å²) in [6.45, 7) is 0.166. The van der Waals surface area contributed by atoms with E-state index in [1.165, 1.54) is 24.3 Å². The van der Waals surface area contributed by atoms with E-state index < -0.39 is 47.9 Å². The first-order valence-electron chi connectivity index (χ1n) is 12.9. The van der Waals surface area contributed by atoms with Gasteiger partial charge in [0.2, 0.25) is 17.7 Å². The van der Waals surface area contributed by atoms with Crippen LogP contribution in [-0.2, 0) is 32.0 Å². The van der Waals surface area contributed by atoms with E-state index in [2.05, 4.69) is 33.6 Å². The first-order chi connectivity index (χ1) is 19.5. The number of nitrogens with zero attached hydrogens (tertiary/aromatic N) is 1. The highest BCUT2D eigenvalue weighted by molar-refractivity contribution is 7.80. The summed E-state index contributed by atoms with van der Waals surface area (Å²) in [6, 6.07) is 10.3. The van der Waals surface area contributed by atoms with Gasteiger partial charge in [-0.2, -0.15) is 12.6 Å². The van der Waals surface area contributed by atoms with Crippen molar-refractivity contribution < 1.29 is 29.4 Å². The molecule has 0 aliphatic rings. The maximum atomic E-state index is 13.4. The van der Waals surface area contributed by atoms with E-state index in [1.54, 1.807) is 24.3 Å². The summed E-state index contributed by atoms with van der Waals surface area (Å²) in [4.78, 5) is 55.1. The molecule has 41 heavy (non-hydrogen) atoms. The van der Waals surface area contributed by atoms with Crippen molar-refractivity contribution in [3.05, 3.63) is 65.7 Å². The number of aromatic hydroxyl groups is 1. The Labute approximate surface area is 243 Å². The Kier molecular flexibility index (Phi) is 13.4. The number of nitrogens with one attached hydrogen (secondary N) is 3. The number of thiol groups is 1. The highest BCUT2D eigenvalue weighted by atomic mass is 32.1. The van der Waals surface area contributed by atoms with Crippen LogP contribution in [0.15, 0.2) is 59.6 Å². The summed E-state index contributed by atoms with van der Waals surface area (Å²) in [7, 11) is 0. The molecule has 0 spiro atoms. The molecule has 2 aromatic rings. The molecular weight excluding hydrogens is 550 g/mol. The number of benzene rings is 2. The third-order valence-corrected chi connectivity index (χ3v) is 6.41. The van der Waals surface area contributed by atoms with Gasteiger partial charge in [-0.1, -0.05) is 42.5 Å². The molecule has 0 aliphatic heterocycles. The lowest BCUT2D eigenvalue weighted by molar-refractivity contribution is -0.142. The molecule has 0 radical (unpaired) electrons. The van der Waals surface area contributed by atoms with Crippen LogP contribution in [-0.4, -0.2) is 76.3 Å². The van der Waals surface area contributed by atoms with E-state index in [1.807, 2.05) is 6.07 Å². The fraction of sp³-hybridized carbons (Fsp3) is 0.370. The van der Waals surface area contributed by atoms with Crippen molar-refractivity contribution in [2.45, 2.75) is 49.9 Å². The lowest BCUT2D eigenvalue weighted by Crippen LogP contribution is -2.58. The van der Waals surface area contributed by atoms with Crippen molar-refractivity contribution in [3.8, 4) is 5.75 Å². The van der Waals surface area contributed by atoms with Crippen molar-refractivity contribution >= 4 is 42.3 Å². The zero-order chi connectivity index (χ0) is 30.4. The molecule has 14 heteroatoms. The lowest BCUT2D eigenvalue weighted by atomic mass is 10.0. The summed E-state index contributed by atoms with van der Waals surface area (Å²) in [5.41, 5.74) is 17.8. The van der Waals surface area contributed by atoms with E-state index in [-0.39, 0.29) is 49.7 Å². The van der Waals surface area contributed by atoms with Gasteiger partial charge in [-0.15, -0.1) is 0 Å². The number of aliphatic imine (C=N–C) groups is 1. The van der Waals surface area contributed by atoms with Crippen LogP contribution in [0.3, 0.4) is 0 Å². The van der Waals surface area contributed by atoms with E-state index in [9.17, 15) is 29.4 Å². The van der Waals surface area contributed by atoms with Gasteiger partial charge in [-0.3, -0.25) is 19.4 Å². The van der Waals surface area contributed by atoms with Crippen LogP contribution in [0.1, 0.15) is 24.0 Å². The van der Waals surface area contributed by atoms with Gasteiger partial charge < -0.3 is 43.4 Å². The van der Waals surface area contributed by atoms with Crippen molar-refractivity contribution in [2.24, 2.45) is 22.2 Å². The minimum Gasteiger partial charge on any atom is -0.508 e. The summed E-state index contributed by atoms with van der Waals surface area (Å²) in [5.74, 6) is -3.36. The summed E-state index contributed by atoms with van der Waals surface area (Å²) in [5, 5.41) is 27.0. The van der Waals surface area contributed by atoms with Gasteiger partial charge in [-0.05, 0) is 36.1 Å². The van der Waals surface area contributed by atoms with Crippen LogP contribution in [0.25, 0.3) is 0 Å². The SMILES string of the molecule is NC(N)=NCCCC(NC(=O)C(Cc1ccccc1)NC(=O)C(N)CS)C(=O)NC(Cc1ccc(O)cc1)C(=O)O. The number of phenols is 1. The second-order valence-electron chi connectivity index (χ2n) is 9.32. The largest absolute Gasteiger partial charge is 0.508 e. The van der Waals surface area contributed by atoms with Crippen molar-refractivity contribution in [1.82, 2.24) is 16.0 Å². The summed E-state index contributed by atoms with van der Waals surface area (Å²) >= 11 is 4.03.